The maximum atomic E-state index is 12.5. The van der Waals surface area contributed by atoms with Gasteiger partial charge in [-0.3, -0.25) is 0 Å². The summed E-state index contributed by atoms with van der Waals surface area (Å²) in [4.78, 5) is 3.56. The summed E-state index contributed by atoms with van der Waals surface area (Å²) in [5.41, 5.74) is 6.78. The Bertz CT molecular complexity index is 246. The van der Waals surface area contributed by atoms with E-state index in [1.807, 2.05) is 0 Å². The van der Waals surface area contributed by atoms with Gasteiger partial charge in [-0.15, -0.1) is 0 Å². The van der Waals surface area contributed by atoms with E-state index in [9.17, 15) is 4.39 Å². The first-order valence-electron chi connectivity index (χ1n) is 4.61. The molecule has 0 saturated carbocycles. The summed E-state index contributed by atoms with van der Waals surface area (Å²) in [7, 11) is 0. The van der Waals surface area contributed by atoms with E-state index in [4.69, 9.17) is 5.73 Å². The summed E-state index contributed by atoms with van der Waals surface area (Å²) in [6.45, 7) is 2.12. The van der Waals surface area contributed by atoms with Crippen molar-refractivity contribution in [2.75, 3.05) is 0 Å². The first kappa shape index (κ1) is 10.1. The molecule has 13 heavy (non-hydrogen) atoms. The molecule has 0 aliphatic heterocycles. The van der Waals surface area contributed by atoms with E-state index in [1.165, 1.54) is 12.3 Å². The molecular weight excluding hydrogens is 167 g/mol. The molecule has 1 heterocycles. The first-order chi connectivity index (χ1) is 6.24. The van der Waals surface area contributed by atoms with Crippen molar-refractivity contribution in [1.29, 1.82) is 0 Å². The van der Waals surface area contributed by atoms with Crippen LogP contribution in [0.4, 0.5) is 4.39 Å². The lowest BCUT2D eigenvalue weighted by atomic mass is 10.0. The zero-order valence-corrected chi connectivity index (χ0v) is 7.83. The van der Waals surface area contributed by atoms with Crippen LogP contribution in [0.15, 0.2) is 18.3 Å². The smallest absolute Gasteiger partial charge is 0.212 e. The number of unbranched alkanes of at least 4 members (excludes halogenated alkanes) is 1. The van der Waals surface area contributed by atoms with Crippen molar-refractivity contribution >= 4 is 0 Å². The van der Waals surface area contributed by atoms with Crippen LogP contribution in [-0.4, -0.2) is 4.98 Å². The lowest BCUT2D eigenvalue weighted by molar-refractivity contribution is 0.570. The van der Waals surface area contributed by atoms with Crippen molar-refractivity contribution in [3.63, 3.8) is 0 Å². The molecule has 0 saturated heterocycles. The van der Waals surface area contributed by atoms with E-state index in [0.29, 0.717) is 0 Å². The fraction of sp³-hybridized carbons (Fsp3) is 0.500. The number of nitrogens with zero attached hydrogens (tertiary/aromatic N) is 1. The Morgan fingerprint density at radius 3 is 2.85 bits per heavy atom. The van der Waals surface area contributed by atoms with Crippen molar-refractivity contribution in [1.82, 2.24) is 4.98 Å². The molecule has 0 aromatic carbocycles. The molecule has 2 nitrogen and oxygen atoms in total. The molecule has 0 fully saturated rings. The lowest BCUT2D eigenvalue weighted by Gasteiger charge is -2.09. The summed E-state index contributed by atoms with van der Waals surface area (Å²) < 4.78 is 12.5. The van der Waals surface area contributed by atoms with Gasteiger partial charge in [-0.2, -0.15) is 4.39 Å². The molecule has 0 unspecified atom stereocenters. The highest BCUT2D eigenvalue weighted by Gasteiger charge is 2.05. The quantitative estimate of drug-likeness (QED) is 0.726. The minimum Gasteiger partial charge on any atom is -0.324 e. The van der Waals surface area contributed by atoms with E-state index in [-0.39, 0.29) is 6.04 Å². The predicted molar refractivity (Wildman–Crippen MR) is 50.6 cm³/mol. The second-order valence-electron chi connectivity index (χ2n) is 3.16. The average Bonchev–Trinajstić information content (AvgIpc) is 2.15. The maximum Gasteiger partial charge on any atom is 0.212 e. The molecule has 0 aliphatic rings. The number of halogens is 1. The average molecular weight is 182 g/mol. The molecule has 0 spiro atoms. The van der Waals surface area contributed by atoms with Crippen molar-refractivity contribution < 1.29 is 4.39 Å². The lowest BCUT2D eigenvalue weighted by Crippen LogP contribution is -2.10. The van der Waals surface area contributed by atoms with Crippen LogP contribution in [0.2, 0.25) is 0 Å². The Morgan fingerprint density at radius 2 is 2.31 bits per heavy atom. The molecule has 72 valence electrons. The molecule has 1 aromatic rings. The van der Waals surface area contributed by atoms with Crippen LogP contribution >= 0.6 is 0 Å². The molecule has 2 N–H and O–H groups in total. The largest absolute Gasteiger partial charge is 0.324 e. The van der Waals surface area contributed by atoms with E-state index in [2.05, 4.69) is 11.9 Å². The zero-order valence-electron chi connectivity index (χ0n) is 7.83. The first-order valence-corrected chi connectivity index (χ1v) is 4.61. The van der Waals surface area contributed by atoms with Gasteiger partial charge >= 0.3 is 0 Å². The third kappa shape index (κ3) is 3.11. The third-order valence-corrected chi connectivity index (χ3v) is 2.05. The van der Waals surface area contributed by atoms with Crippen LogP contribution in [0.5, 0.6) is 0 Å². The van der Waals surface area contributed by atoms with Gasteiger partial charge in [0.25, 0.3) is 0 Å². The van der Waals surface area contributed by atoms with E-state index in [1.54, 1.807) is 6.07 Å². The fourth-order valence-electron chi connectivity index (χ4n) is 1.20. The maximum absolute atomic E-state index is 12.5. The molecular formula is C10H15FN2. The normalized spacial score (nSPS) is 12.8. The van der Waals surface area contributed by atoms with Crippen LogP contribution in [0.1, 0.15) is 37.8 Å². The molecule has 0 amide bonds. The topological polar surface area (TPSA) is 38.9 Å². The number of aromatic nitrogens is 1. The molecule has 0 bridgehead atoms. The SMILES string of the molecule is CCCC[C@@H](N)c1ccc(F)nc1. The van der Waals surface area contributed by atoms with Crippen molar-refractivity contribution in [2.45, 2.75) is 32.2 Å². The van der Waals surface area contributed by atoms with E-state index < -0.39 is 5.95 Å². The summed E-state index contributed by atoms with van der Waals surface area (Å²) in [5.74, 6) is -0.452. The van der Waals surface area contributed by atoms with Crippen molar-refractivity contribution in [3.05, 3.63) is 29.8 Å². The number of nitrogens with two attached hydrogens (primary N) is 1. The number of rotatable bonds is 4. The van der Waals surface area contributed by atoms with Gasteiger partial charge in [0.15, 0.2) is 0 Å². The van der Waals surface area contributed by atoms with Crippen LogP contribution in [0.3, 0.4) is 0 Å². The van der Waals surface area contributed by atoms with Crippen molar-refractivity contribution in [2.24, 2.45) is 5.73 Å². The van der Waals surface area contributed by atoms with Gasteiger partial charge < -0.3 is 5.73 Å². The summed E-state index contributed by atoms with van der Waals surface area (Å²) >= 11 is 0. The standard InChI is InChI=1S/C10H15FN2/c1-2-3-4-9(12)8-5-6-10(11)13-7-8/h5-7,9H,2-4,12H2,1H3/t9-/m1/s1. The van der Waals surface area contributed by atoms with E-state index >= 15 is 0 Å². The highest BCUT2D eigenvalue weighted by atomic mass is 19.1. The molecule has 1 rings (SSSR count). The Hall–Kier alpha value is -0.960. The zero-order chi connectivity index (χ0) is 9.68. The molecule has 0 aliphatic carbocycles. The summed E-state index contributed by atoms with van der Waals surface area (Å²) in [6, 6.07) is 3.04. The second-order valence-corrected chi connectivity index (χ2v) is 3.16. The van der Waals surface area contributed by atoms with Gasteiger partial charge in [-0.1, -0.05) is 25.8 Å². The Labute approximate surface area is 78.0 Å². The third-order valence-electron chi connectivity index (χ3n) is 2.05. The molecule has 3 heteroatoms. The van der Waals surface area contributed by atoms with Crippen LogP contribution in [0.25, 0.3) is 0 Å². The number of hydrogen-bond donors (Lipinski definition) is 1. The van der Waals surface area contributed by atoms with E-state index in [0.717, 1.165) is 24.8 Å². The highest BCUT2D eigenvalue weighted by molar-refractivity contribution is 5.13. The Balaban J connectivity index is 2.55. The van der Waals surface area contributed by atoms with Gasteiger partial charge in [-0.25, -0.2) is 4.98 Å². The van der Waals surface area contributed by atoms with Crippen molar-refractivity contribution in [3.8, 4) is 0 Å². The highest BCUT2D eigenvalue weighted by Crippen LogP contribution is 2.15. The van der Waals surface area contributed by atoms with Gasteiger partial charge in [-0.05, 0) is 18.1 Å². The van der Waals surface area contributed by atoms with Crippen LogP contribution in [0, 0.1) is 5.95 Å². The van der Waals surface area contributed by atoms with Crippen LogP contribution in [-0.2, 0) is 0 Å². The van der Waals surface area contributed by atoms with Gasteiger partial charge in [0, 0.05) is 12.2 Å². The second kappa shape index (κ2) is 4.92. The van der Waals surface area contributed by atoms with Crippen LogP contribution < -0.4 is 5.73 Å². The predicted octanol–water partition coefficient (Wildman–Crippen LogP) is 2.41. The monoisotopic (exact) mass is 182 g/mol. The van der Waals surface area contributed by atoms with Gasteiger partial charge in [0.1, 0.15) is 0 Å². The van der Waals surface area contributed by atoms with Gasteiger partial charge in [0.05, 0.1) is 0 Å². The fourth-order valence-corrected chi connectivity index (χ4v) is 1.20. The number of pyridine rings is 1. The summed E-state index contributed by atoms with van der Waals surface area (Å²) in [6.07, 6.45) is 4.67. The minimum absolute atomic E-state index is 0.00644. The molecule has 1 atom stereocenters. The Morgan fingerprint density at radius 1 is 1.54 bits per heavy atom. The Kier molecular flexibility index (Phi) is 3.83. The summed E-state index contributed by atoms with van der Waals surface area (Å²) in [5, 5.41) is 0. The number of hydrogen-bond acceptors (Lipinski definition) is 2. The molecule has 1 aromatic heterocycles. The minimum atomic E-state index is -0.452. The molecule has 0 radical (unpaired) electrons. The van der Waals surface area contributed by atoms with Gasteiger partial charge in [0.2, 0.25) is 5.95 Å².